The number of benzene rings is 1. The van der Waals surface area contributed by atoms with Gasteiger partial charge in [0.05, 0.1) is 10.6 Å². The fourth-order valence-corrected chi connectivity index (χ4v) is 1.88. The highest BCUT2D eigenvalue weighted by molar-refractivity contribution is 6.36. The first-order valence-corrected chi connectivity index (χ1v) is 5.60. The summed E-state index contributed by atoms with van der Waals surface area (Å²) in [5.74, 6) is -1.08. The molecule has 1 fully saturated rings. The molecule has 0 saturated carbocycles. The van der Waals surface area contributed by atoms with Crippen molar-refractivity contribution < 1.29 is 14.4 Å². The number of halogens is 2. The van der Waals surface area contributed by atoms with Gasteiger partial charge in [-0.1, -0.05) is 23.2 Å². The van der Waals surface area contributed by atoms with Crippen LogP contribution in [0.15, 0.2) is 18.2 Å². The molecule has 4 amide bonds. The Hall–Kier alpha value is -1.79. The van der Waals surface area contributed by atoms with E-state index >= 15 is 0 Å². The number of imide groups is 1. The van der Waals surface area contributed by atoms with Crippen LogP contribution in [0.1, 0.15) is 10.4 Å². The molecule has 2 rings (SSSR count). The molecule has 6 nitrogen and oxygen atoms in total. The van der Waals surface area contributed by atoms with E-state index in [0.29, 0.717) is 5.02 Å². The van der Waals surface area contributed by atoms with Crippen LogP contribution < -0.4 is 10.7 Å². The summed E-state index contributed by atoms with van der Waals surface area (Å²) in [7, 11) is 0. The SMILES string of the molecule is O=C1CN(NC(=O)c2ccc(Cl)cc2Cl)C(=O)N1. The van der Waals surface area contributed by atoms with Crippen molar-refractivity contribution in [3.05, 3.63) is 33.8 Å². The number of urea groups is 1. The maximum absolute atomic E-state index is 11.8. The zero-order chi connectivity index (χ0) is 13.3. The van der Waals surface area contributed by atoms with Crippen LogP contribution in [-0.4, -0.2) is 29.4 Å². The Morgan fingerprint density at radius 3 is 2.61 bits per heavy atom. The molecule has 0 aromatic heterocycles. The van der Waals surface area contributed by atoms with E-state index in [0.717, 1.165) is 5.01 Å². The molecular weight excluding hydrogens is 281 g/mol. The van der Waals surface area contributed by atoms with E-state index in [4.69, 9.17) is 23.2 Å². The first-order valence-electron chi connectivity index (χ1n) is 4.85. The predicted molar refractivity (Wildman–Crippen MR) is 64.2 cm³/mol. The number of carbonyl (C=O) groups is 3. The van der Waals surface area contributed by atoms with Crippen LogP contribution in [0.2, 0.25) is 10.0 Å². The lowest BCUT2D eigenvalue weighted by atomic mass is 10.2. The van der Waals surface area contributed by atoms with Gasteiger partial charge in [0, 0.05) is 5.02 Å². The van der Waals surface area contributed by atoms with Crippen LogP contribution in [0.25, 0.3) is 0 Å². The maximum atomic E-state index is 11.8. The minimum absolute atomic E-state index is 0.158. The maximum Gasteiger partial charge on any atom is 0.343 e. The summed E-state index contributed by atoms with van der Waals surface area (Å²) >= 11 is 11.5. The van der Waals surface area contributed by atoms with E-state index in [9.17, 15) is 14.4 Å². The third kappa shape index (κ3) is 2.55. The molecule has 0 spiro atoms. The molecule has 0 radical (unpaired) electrons. The summed E-state index contributed by atoms with van der Waals surface area (Å²) in [6.07, 6.45) is 0. The van der Waals surface area contributed by atoms with Crippen molar-refractivity contribution in [2.24, 2.45) is 0 Å². The molecule has 18 heavy (non-hydrogen) atoms. The van der Waals surface area contributed by atoms with Crippen molar-refractivity contribution in [3.8, 4) is 0 Å². The average Bonchev–Trinajstić information content (AvgIpc) is 2.57. The lowest BCUT2D eigenvalue weighted by Gasteiger charge is -2.15. The first kappa shape index (κ1) is 12.7. The number of hydrogen-bond acceptors (Lipinski definition) is 3. The van der Waals surface area contributed by atoms with Gasteiger partial charge in [-0.2, -0.15) is 0 Å². The first-order chi connectivity index (χ1) is 8.47. The van der Waals surface area contributed by atoms with Crippen molar-refractivity contribution in [1.29, 1.82) is 0 Å². The number of rotatable bonds is 2. The Balaban J connectivity index is 2.13. The Bertz CT molecular complexity index is 547. The second-order valence-electron chi connectivity index (χ2n) is 3.50. The van der Waals surface area contributed by atoms with E-state index in [1.54, 1.807) is 0 Å². The highest BCUT2D eigenvalue weighted by Gasteiger charge is 2.28. The van der Waals surface area contributed by atoms with Gasteiger partial charge in [0.2, 0.25) is 5.91 Å². The summed E-state index contributed by atoms with van der Waals surface area (Å²) in [6, 6.07) is 3.65. The Kier molecular flexibility index (Phi) is 3.40. The van der Waals surface area contributed by atoms with E-state index in [2.05, 4.69) is 5.43 Å². The second-order valence-corrected chi connectivity index (χ2v) is 4.35. The largest absolute Gasteiger partial charge is 0.343 e. The molecule has 0 aliphatic carbocycles. The molecule has 8 heteroatoms. The summed E-state index contributed by atoms with van der Waals surface area (Å²) in [5.41, 5.74) is 2.43. The van der Waals surface area contributed by atoms with Gasteiger partial charge in [-0.15, -0.1) is 0 Å². The molecule has 1 aromatic carbocycles. The molecule has 94 valence electrons. The van der Waals surface area contributed by atoms with Gasteiger partial charge in [-0.25, -0.2) is 9.80 Å². The lowest BCUT2D eigenvalue weighted by molar-refractivity contribution is -0.118. The van der Waals surface area contributed by atoms with Crippen LogP contribution in [0, 0.1) is 0 Å². The van der Waals surface area contributed by atoms with Gasteiger partial charge < -0.3 is 0 Å². The van der Waals surface area contributed by atoms with Gasteiger partial charge >= 0.3 is 6.03 Å². The third-order valence-electron chi connectivity index (χ3n) is 2.21. The van der Waals surface area contributed by atoms with E-state index < -0.39 is 17.8 Å². The second kappa shape index (κ2) is 4.83. The number of nitrogens with one attached hydrogen (secondary N) is 2. The highest BCUT2D eigenvalue weighted by Crippen LogP contribution is 2.20. The fraction of sp³-hybridized carbons (Fsp3) is 0.100. The quantitative estimate of drug-likeness (QED) is 0.802. The molecule has 0 atom stereocenters. The standard InChI is InChI=1S/C10H7Cl2N3O3/c11-5-1-2-6(7(12)3-5)9(17)14-15-4-8(16)13-10(15)18/h1-3H,4H2,(H,14,17)(H,13,16,18). The van der Waals surface area contributed by atoms with Crippen LogP contribution in [-0.2, 0) is 4.79 Å². The number of hydrogen-bond donors (Lipinski definition) is 2. The average molecular weight is 288 g/mol. The van der Waals surface area contributed by atoms with Crippen LogP contribution in [0.5, 0.6) is 0 Å². The molecule has 0 unspecified atom stereocenters. The summed E-state index contributed by atoms with van der Waals surface area (Å²) < 4.78 is 0. The molecule has 2 N–H and O–H groups in total. The molecule has 1 aliphatic rings. The molecule has 0 bridgehead atoms. The number of carbonyl (C=O) groups excluding carboxylic acids is 3. The van der Waals surface area contributed by atoms with Gasteiger partial charge in [-0.3, -0.25) is 20.3 Å². The normalized spacial score (nSPS) is 14.7. The fourth-order valence-electron chi connectivity index (χ4n) is 1.39. The Morgan fingerprint density at radius 1 is 1.33 bits per heavy atom. The molecule has 1 aromatic rings. The zero-order valence-corrected chi connectivity index (χ0v) is 10.4. The van der Waals surface area contributed by atoms with E-state index in [1.807, 2.05) is 5.32 Å². The van der Waals surface area contributed by atoms with E-state index in [1.165, 1.54) is 18.2 Å². The Labute approximate surface area is 112 Å². The highest BCUT2D eigenvalue weighted by atomic mass is 35.5. The molecular formula is C10H7Cl2N3O3. The minimum Gasteiger partial charge on any atom is -0.275 e. The van der Waals surface area contributed by atoms with Crippen molar-refractivity contribution in [2.45, 2.75) is 0 Å². The van der Waals surface area contributed by atoms with Crippen LogP contribution >= 0.6 is 23.2 Å². The summed E-state index contributed by atoms with van der Waals surface area (Å²) in [4.78, 5) is 34.0. The van der Waals surface area contributed by atoms with Crippen LogP contribution in [0.4, 0.5) is 4.79 Å². The monoisotopic (exact) mass is 287 g/mol. The zero-order valence-electron chi connectivity index (χ0n) is 8.87. The summed E-state index contributed by atoms with van der Waals surface area (Å²) in [5, 5.41) is 3.45. The van der Waals surface area contributed by atoms with Gasteiger partial charge in [-0.05, 0) is 18.2 Å². The number of hydrazine groups is 1. The minimum atomic E-state index is -0.682. The van der Waals surface area contributed by atoms with Crippen molar-refractivity contribution in [3.63, 3.8) is 0 Å². The molecule has 1 heterocycles. The number of amides is 4. The molecule has 1 saturated heterocycles. The van der Waals surface area contributed by atoms with E-state index in [-0.39, 0.29) is 17.1 Å². The molecule has 1 aliphatic heterocycles. The van der Waals surface area contributed by atoms with Gasteiger partial charge in [0.1, 0.15) is 6.54 Å². The third-order valence-corrected chi connectivity index (χ3v) is 2.75. The van der Waals surface area contributed by atoms with Gasteiger partial charge in [0.15, 0.2) is 0 Å². The number of nitrogens with zero attached hydrogens (tertiary/aromatic N) is 1. The topological polar surface area (TPSA) is 78.5 Å². The van der Waals surface area contributed by atoms with Crippen LogP contribution in [0.3, 0.4) is 0 Å². The van der Waals surface area contributed by atoms with Crippen molar-refractivity contribution in [2.75, 3.05) is 6.54 Å². The smallest absolute Gasteiger partial charge is 0.275 e. The Morgan fingerprint density at radius 2 is 2.06 bits per heavy atom. The van der Waals surface area contributed by atoms with Gasteiger partial charge in [0.25, 0.3) is 5.91 Å². The van der Waals surface area contributed by atoms with Crippen molar-refractivity contribution >= 4 is 41.0 Å². The lowest BCUT2D eigenvalue weighted by Crippen LogP contribution is -2.44. The summed E-state index contributed by atoms with van der Waals surface area (Å²) in [6.45, 7) is -0.226. The predicted octanol–water partition coefficient (Wildman–Crippen LogP) is 1.19. The van der Waals surface area contributed by atoms with Crippen molar-refractivity contribution in [1.82, 2.24) is 15.8 Å².